The van der Waals surface area contributed by atoms with Crippen LogP contribution in [0.25, 0.3) is 11.0 Å². The number of furan rings is 1. The molecule has 1 aliphatic heterocycles. The first-order valence-corrected chi connectivity index (χ1v) is 9.58. The van der Waals surface area contributed by atoms with Gasteiger partial charge in [0.15, 0.2) is 0 Å². The number of amides is 2. The number of fused-ring (bicyclic) bond motifs is 3. The number of carbonyl (C=O) groups is 1. The van der Waals surface area contributed by atoms with Crippen LogP contribution in [0.5, 0.6) is 5.75 Å². The number of hydrogen-bond acceptors (Lipinski definition) is 4. The van der Waals surface area contributed by atoms with Crippen molar-refractivity contribution in [1.29, 1.82) is 0 Å². The quantitative estimate of drug-likeness (QED) is 0.585. The van der Waals surface area contributed by atoms with Gasteiger partial charge in [0.2, 0.25) is 0 Å². The molecule has 1 aromatic carbocycles. The van der Waals surface area contributed by atoms with Gasteiger partial charge in [-0.3, -0.25) is 4.72 Å². The third-order valence-corrected chi connectivity index (χ3v) is 4.90. The summed E-state index contributed by atoms with van der Waals surface area (Å²) in [5.74, 6) is 1.79. The normalized spacial score (nSPS) is 13.4. The molecule has 2 amide bonds. The first-order chi connectivity index (χ1) is 11.8. The van der Waals surface area contributed by atoms with E-state index in [1.165, 1.54) is 28.5 Å². The second-order valence-electron chi connectivity index (χ2n) is 5.94. The molecule has 0 spiro atoms. The highest BCUT2D eigenvalue weighted by molar-refractivity contribution is 7.97. The summed E-state index contributed by atoms with van der Waals surface area (Å²) < 4.78 is 14.3. The van der Waals surface area contributed by atoms with Crippen LogP contribution in [-0.4, -0.2) is 24.9 Å². The number of ether oxygens (including phenoxy) is 1. The molecule has 130 valence electrons. The molecule has 24 heavy (non-hydrogen) atoms. The second kappa shape index (κ2) is 8.33. The van der Waals surface area contributed by atoms with Crippen molar-refractivity contribution in [3.05, 3.63) is 29.5 Å². The van der Waals surface area contributed by atoms with Gasteiger partial charge in [0, 0.05) is 23.2 Å². The Morgan fingerprint density at radius 3 is 3.17 bits per heavy atom. The maximum Gasteiger partial charge on any atom is 0.324 e. The number of unbranched alkanes of at least 4 members (excludes halogenated alkanes) is 1. The fourth-order valence-electron chi connectivity index (χ4n) is 2.94. The Balaban J connectivity index is 1.55. The smallest absolute Gasteiger partial charge is 0.324 e. The summed E-state index contributed by atoms with van der Waals surface area (Å²) in [5.41, 5.74) is 3.37. The van der Waals surface area contributed by atoms with Crippen molar-refractivity contribution in [3.8, 4) is 5.75 Å². The lowest BCUT2D eigenvalue weighted by molar-refractivity contribution is 0.246. The predicted octanol–water partition coefficient (Wildman–Crippen LogP) is 4.05. The lowest BCUT2D eigenvalue weighted by Crippen LogP contribution is -2.32. The highest BCUT2D eigenvalue weighted by atomic mass is 32.2. The summed E-state index contributed by atoms with van der Waals surface area (Å²) in [6.45, 7) is 3.62. The van der Waals surface area contributed by atoms with Gasteiger partial charge in [-0.15, -0.1) is 0 Å². The van der Waals surface area contributed by atoms with Gasteiger partial charge < -0.3 is 14.5 Å². The molecular formula is C18H24N2O3S. The van der Waals surface area contributed by atoms with Crippen LogP contribution in [0.1, 0.15) is 37.3 Å². The molecule has 3 rings (SSSR count). The summed E-state index contributed by atoms with van der Waals surface area (Å²) in [5, 5.41) is 4.04. The van der Waals surface area contributed by atoms with E-state index in [4.69, 9.17) is 9.15 Å². The molecule has 2 N–H and O–H groups in total. The first kappa shape index (κ1) is 17.0. The summed E-state index contributed by atoms with van der Waals surface area (Å²) in [6, 6.07) is 3.87. The molecule has 0 fully saturated rings. The topological polar surface area (TPSA) is 63.5 Å². The Morgan fingerprint density at radius 1 is 1.38 bits per heavy atom. The lowest BCUT2D eigenvalue weighted by Gasteiger charge is -2.18. The Morgan fingerprint density at radius 2 is 2.29 bits per heavy atom. The molecule has 1 aromatic heterocycles. The van der Waals surface area contributed by atoms with Crippen LogP contribution in [0.15, 0.2) is 22.8 Å². The highest BCUT2D eigenvalue weighted by Gasteiger charge is 2.18. The third kappa shape index (κ3) is 3.98. The van der Waals surface area contributed by atoms with Crippen LogP contribution >= 0.6 is 11.9 Å². The van der Waals surface area contributed by atoms with E-state index >= 15 is 0 Å². The minimum atomic E-state index is -0.115. The van der Waals surface area contributed by atoms with Crippen LogP contribution in [0.2, 0.25) is 0 Å². The number of carbonyl (C=O) groups excluding carboxylic acids is 1. The Hall–Kier alpha value is -1.82. The summed E-state index contributed by atoms with van der Waals surface area (Å²) in [7, 11) is 0. The third-order valence-electron chi connectivity index (χ3n) is 4.16. The van der Waals surface area contributed by atoms with Gasteiger partial charge in [-0.1, -0.05) is 13.3 Å². The fraction of sp³-hybridized carbons (Fsp3) is 0.500. The van der Waals surface area contributed by atoms with E-state index in [9.17, 15) is 4.79 Å². The van der Waals surface area contributed by atoms with E-state index < -0.39 is 0 Å². The standard InChI is InChI=1S/C18H24N2O3S/c1-2-3-9-19-18(21)20-24-11-8-13-12-23-16-7-6-15-14(17(13)16)5-4-10-22-15/h6-7,12H,2-5,8-11H2,1H3,(H2,19,20,21). The maximum absolute atomic E-state index is 11.6. The van der Waals surface area contributed by atoms with Crippen molar-refractivity contribution >= 4 is 28.9 Å². The van der Waals surface area contributed by atoms with Crippen molar-refractivity contribution in [2.24, 2.45) is 0 Å². The number of benzene rings is 1. The highest BCUT2D eigenvalue weighted by Crippen LogP contribution is 2.35. The summed E-state index contributed by atoms with van der Waals surface area (Å²) in [6.07, 6.45) is 6.85. The van der Waals surface area contributed by atoms with Crippen LogP contribution in [0.3, 0.4) is 0 Å². The van der Waals surface area contributed by atoms with Gasteiger partial charge >= 0.3 is 6.03 Å². The first-order valence-electron chi connectivity index (χ1n) is 8.60. The van der Waals surface area contributed by atoms with E-state index in [0.29, 0.717) is 0 Å². The largest absolute Gasteiger partial charge is 0.493 e. The SMILES string of the molecule is CCCCNC(=O)NSCCc1coc2ccc3c(c12)CCCO3. The zero-order valence-corrected chi connectivity index (χ0v) is 14.8. The number of urea groups is 1. The van der Waals surface area contributed by atoms with Gasteiger partial charge in [-0.05, 0) is 55.3 Å². The molecule has 1 aliphatic rings. The maximum atomic E-state index is 11.6. The van der Waals surface area contributed by atoms with Gasteiger partial charge in [0.25, 0.3) is 0 Å². The number of rotatable bonds is 7. The number of nitrogens with one attached hydrogen (secondary N) is 2. The van der Waals surface area contributed by atoms with Crippen molar-refractivity contribution in [3.63, 3.8) is 0 Å². The fourth-order valence-corrected chi connectivity index (χ4v) is 3.57. The molecule has 0 saturated heterocycles. The molecule has 0 unspecified atom stereocenters. The second-order valence-corrected chi connectivity index (χ2v) is 6.84. The van der Waals surface area contributed by atoms with Gasteiger partial charge in [0.05, 0.1) is 12.9 Å². The predicted molar refractivity (Wildman–Crippen MR) is 97.6 cm³/mol. The molecule has 0 saturated carbocycles. The number of hydrogen-bond donors (Lipinski definition) is 2. The zero-order chi connectivity index (χ0) is 16.8. The van der Waals surface area contributed by atoms with Crippen molar-refractivity contribution < 1.29 is 13.9 Å². The van der Waals surface area contributed by atoms with Gasteiger partial charge in [-0.2, -0.15) is 0 Å². The van der Waals surface area contributed by atoms with Crippen LogP contribution in [0, 0.1) is 0 Å². The average Bonchev–Trinajstić information content (AvgIpc) is 3.02. The van der Waals surface area contributed by atoms with Crippen LogP contribution in [-0.2, 0) is 12.8 Å². The molecule has 0 aliphatic carbocycles. The molecule has 2 heterocycles. The van der Waals surface area contributed by atoms with Gasteiger partial charge in [0.1, 0.15) is 11.3 Å². The van der Waals surface area contributed by atoms with E-state index in [1.54, 1.807) is 0 Å². The van der Waals surface area contributed by atoms with Crippen LogP contribution < -0.4 is 14.8 Å². The minimum Gasteiger partial charge on any atom is -0.493 e. The number of aryl methyl sites for hydroxylation is 2. The molecule has 5 nitrogen and oxygen atoms in total. The van der Waals surface area contributed by atoms with E-state index in [2.05, 4.69) is 17.0 Å². The van der Waals surface area contributed by atoms with Crippen molar-refractivity contribution in [2.75, 3.05) is 18.9 Å². The monoisotopic (exact) mass is 348 g/mol. The summed E-state index contributed by atoms with van der Waals surface area (Å²) in [4.78, 5) is 11.6. The van der Waals surface area contributed by atoms with E-state index in [0.717, 1.165) is 62.3 Å². The van der Waals surface area contributed by atoms with E-state index in [1.807, 2.05) is 18.4 Å². The van der Waals surface area contributed by atoms with E-state index in [-0.39, 0.29) is 6.03 Å². The average molecular weight is 348 g/mol. The van der Waals surface area contributed by atoms with Gasteiger partial charge in [-0.25, -0.2) is 4.79 Å². The molecule has 0 bridgehead atoms. The molecule has 0 atom stereocenters. The molecule has 0 radical (unpaired) electrons. The van der Waals surface area contributed by atoms with Crippen molar-refractivity contribution in [1.82, 2.24) is 10.0 Å². The van der Waals surface area contributed by atoms with Crippen LogP contribution in [0.4, 0.5) is 4.79 Å². The molecule has 2 aromatic rings. The zero-order valence-electron chi connectivity index (χ0n) is 14.0. The molecular weight excluding hydrogens is 324 g/mol. The molecule has 6 heteroatoms. The summed E-state index contributed by atoms with van der Waals surface area (Å²) >= 11 is 1.43. The minimum absolute atomic E-state index is 0.115. The Bertz CT molecular complexity index is 699. The van der Waals surface area contributed by atoms with Crippen molar-refractivity contribution in [2.45, 2.75) is 39.0 Å². The Labute approximate surface area is 146 Å². The Kier molecular flexibility index (Phi) is 5.91. The lowest BCUT2D eigenvalue weighted by atomic mass is 9.99.